The second-order valence-electron chi connectivity index (χ2n) is 5.03. The van der Waals surface area contributed by atoms with E-state index in [1.807, 2.05) is 56.2 Å². The number of hydrogen-bond acceptors (Lipinski definition) is 3. The number of nitrogens with zero attached hydrogens (tertiary/aromatic N) is 4. The molecular formula is C16H17ClN4O. The Bertz CT molecular complexity index is 733. The molecule has 6 heteroatoms. The Hall–Kier alpha value is -2.27. The van der Waals surface area contributed by atoms with Crippen LogP contribution in [-0.2, 0) is 13.6 Å². The maximum Gasteiger partial charge on any atom is 0.119 e. The molecule has 0 saturated heterocycles. The Labute approximate surface area is 134 Å². The van der Waals surface area contributed by atoms with Gasteiger partial charge in [-0.05, 0) is 30.7 Å². The maximum absolute atomic E-state index is 5.85. The molecule has 2 heterocycles. The van der Waals surface area contributed by atoms with E-state index in [-0.39, 0.29) is 0 Å². The van der Waals surface area contributed by atoms with Crippen LogP contribution in [-0.4, -0.2) is 25.9 Å². The molecule has 5 nitrogen and oxygen atoms in total. The average Bonchev–Trinajstić information content (AvgIpc) is 3.14. The highest BCUT2D eigenvalue weighted by atomic mass is 35.5. The smallest absolute Gasteiger partial charge is 0.119 e. The predicted molar refractivity (Wildman–Crippen MR) is 86.0 cm³/mol. The van der Waals surface area contributed by atoms with Gasteiger partial charge in [-0.25, -0.2) is 4.98 Å². The second-order valence-corrected chi connectivity index (χ2v) is 5.47. The van der Waals surface area contributed by atoms with E-state index in [0.29, 0.717) is 11.6 Å². The van der Waals surface area contributed by atoms with Gasteiger partial charge in [0.15, 0.2) is 0 Å². The standard InChI is InChI=1S/C16H17ClN4O/c1-20-11-13(9-19-20)16-10-18-12-21(16)7-2-8-22-15-5-3-14(17)4-6-15/h3-6,9-12H,2,7-8H2,1H3. The summed E-state index contributed by atoms with van der Waals surface area (Å²) in [5.74, 6) is 0.836. The lowest BCUT2D eigenvalue weighted by Crippen LogP contribution is -2.04. The topological polar surface area (TPSA) is 44.9 Å². The van der Waals surface area contributed by atoms with Crippen molar-refractivity contribution in [1.29, 1.82) is 0 Å². The molecular weight excluding hydrogens is 300 g/mol. The lowest BCUT2D eigenvalue weighted by Gasteiger charge is -2.08. The summed E-state index contributed by atoms with van der Waals surface area (Å²) < 4.78 is 9.60. The molecule has 0 bridgehead atoms. The van der Waals surface area contributed by atoms with Crippen LogP contribution in [0.5, 0.6) is 5.75 Å². The molecule has 0 unspecified atom stereocenters. The third-order valence-electron chi connectivity index (χ3n) is 3.34. The second kappa shape index (κ2) is 6.66. The largest absolute Gasteiger partial charge is 0.494 e. The normalized spacial score (nSPS) is 10.8. The summed E-state index contributed by atoms with van der Waals surface area (Å²) in [4.78, 5) is 4.22. The van der Waals surface area contributed by atoms with Gasteiger partial charge in [0, 0.05) is 30.4 Å². The molecule has 0 N–H and O–H groups in total. The SMILES string of the molecule is Cn1cc(-c2cncn2CCCOc2ccc(Cl)cc2)cn1. The fraction of sp³-hybridized carbons (Fsp3) is 0.250. The van der Waals surface area contributed by atoms with Crippen LogP contribution >= 0.6 is 11.6 Å². The molecule has 3 aromatic rings. The van der Waals surface area contributed by atoms with E-state index in [4.69, 9.17) is 16.3 Å². The van der Waals surface area contributed by atoms with E-state index >= 15 is 0 Å². The Morgan fingerprint density at radius 1 is 1.18 bits per heavy atom. The number of imidazole rings is 1. The van der Waals surface area contributed by atoms with Crippen LogP contribution in [0.2, 0.25) is 5.02 Å². The number of ether oxygens (including phenoxy) is 1. The molecule has 0 fully saturated rings. The van der Waals surface area contributed by atoms with Crippen molar-refractivity contribution in [2.24, 2.45) is 7.05 Å². The molecule has 0 aliphatic carbocycles. The number of aromatic nitrogens is 4. The van der Waals surface area contributed by atoms with Gasteiger partial charge in [0.05, 0.1) is 31.0 Å². The molecule has 3 rings (SSSR count). The fourth-order valence-corrected chi connectivity index (χ4v) is 2.37. The van der Waals surface area contributed by atoms with Gasteiger partial charge in [0.2, 0.25) is 0 Å². The maximum atomic E-state index is 5.85. The molecule has 0 spiro atoms. The first-order valence-corrected chi connectivity index (χ1v) is 7.48. The Kier molecular flexibility index (Phi) is 4.44. The zero-order valence-corrected chi connectivity index (χ0v) is 13.1. The van der Waals surface area contributed by atoms with Gasteiger partial charge in [-0.3, -0.25) is 4.68 Å². The van der Waals surface area contributed by atoms with Gasteiger partial charge in [0.1, 0.15) is 5.75 Å². The monoisotopic (exact) mass is 316 g/mol. The van der Waals surface area contributed by atoms with Gasteiger partial charge >= 0.3 is 0 Å². The van der Waals surface area contributed by atoms with E-state index in [9.17, 15) is 0 Å². The van der Waals surface area contributed by atoms with Crippen molar-refractivity contribution < 1.29 is 4.74 Å². The third-order valence-corrected chi connectivity index (χ3v) is 3.59. The number of halogens is 1. The molecule has 0 amide bonds. The summed E-state index contributed by atoms with van der Waals surface area (Å²) in [5.41, 5.74) is 2.14. The summed E-state index contributed by atoms with van der Waals surface area (Å²) in [5, 5.41) is 4.91. The molecule has 1 aromatic carbocycles. The van der Waals surface area contributed by atoms with Gasteiger partial charge in [-0.1, -0.05) is 11.6 Å². The van der Waals surface area contributed by atoms with Crippen molar-refractivity contribution >= 4 is 11.6 Å². The number of hydrogen-bond donors (Lipinski definition) is 0. The Morgan fingerprint density at radius 3 is 2.73 bits per heavy atom. The Balaban J connectivity index is 1.54. The van der Waals surface area contributed by atoms with Gasteiger partial charge < -0.3 is 9.30 Å². The minimum absolute atomic E-state index is 0.645. The van der Waals surface area contributed by atoms with Crippen molar-refractivity contribution in [2.45, 2.75) is 13.0 Å². The van der Waals surface area contributed by atoms with Crippen molar-refractivity contribution in [3.05, 3.63) is 54.2 Å². The minimum Gasteiger partial charge on any atom is -0.494 e. The quantitative estimate of drug-likeness (QED) is 0.655. The average molecular weight is 317 g/mol. The van der Waals surface area contributed by atoms with Crippen LogP contribution in [0.25, 0.3) is 11.3 Å². The lowest BCUT2D eigenvalue weighted by atomic mass is 10.2. The molecule has 0 radical (unpaired) electrons. The zero-order chi connectivity index (χ0) is 15.4. The highest BCUT2D eigenvalue weighted by molar-refractivity contribution is 6.30. The van der Waals surface area contributed by atoms with E-state index in [1.54, 1.807) is 4.68 Å². The summed E-state index contributed by atoms with van der Waals surface area (Å²) >= 11 is 5.85. The molecule has 0 aliphatic rings. The fourth-order valence-electron chi connectivity index (χ4n) is 2.25. The van der Waals surface area contributed by atoms with Gasteiger partial charge in [-0.2, -0.15) is 5.10 Å². The predicted octanol–water partition coefficient (Wildman–Crippen LogP) is 3.41. The first-order valence-electron chi connectivity index (χ1n) is 7.10. The first-order chi connectivity index (χ1) is 10.7. The number of benzene rings is 1. The zero-order valence-electron chi connectivity index (χ0n) is 12.3. The van der Waals surface area contributed by atoms with Crippen LogP contribution < -0.4 is 4.74 Å². The van der Waals surface area contributed by atoms with Crippen molar-refractivity contribution in [1.82, 2.24) is 19.3 Å². The molecule has 2 aromatic heterocycles. The number of aryl methyl sites for hydroxylation is 2. The molecule has 0 aliphatic heterocycles. The number of rotatable bonds is 6. The molecule has 0 saturated carbocycles. The summed E-state index contributed by atoms with van der Waals surface area (Å²) in [6.07, 6.45) is 8.42. The van der Waals surface area contributed by atoms with E-state index in [1.165, 1.54) is 0 Å². The van der Waals surface area contributed by atoms with Gasteiger partial charge in [-0.15, -0.1) is 0 Å². The van der Waals surface area contributed by atoms with Gasteiger partial charge in [0.25, 0.3) is 0 Å². The van der Waals surface area contributed by atoms with E-state index in [2.05, 4.69) is 14.6 Å². The minimum atomic E-state index is 0.645. The first kappa shape index (κ1) is 14.7. The van der Waals surface area contributed by atoms with Crippen LogP contribution in [0.1, 0.15) is 6.42 Å². The highest BCUT2D eigenvalue weighted by Crippen LogP contribution is 2.19. The van der Waals surface area contributed by atoms with Crippen molar-refractivity contribution in [2.75, 3.05) is 6.61 Å². The molecule has 22 heavy (non-hydrogen) atoms. The summed E-state index contributed by atoms with van der Waals surface area (Å²) in [7, 11) is 1.91. The van der Waals surface area contributed by atoms with E-state index < -0.39 is 0 Å². The van der Waals surface area contributed by atoms with Crippen LogP contribution in [0.4, 0.5) is 0 Å². The molecule has 0 atom stereocenters. The lowest BCUT2D eigenvalue weighted by molar-refractivity contribution is 0.302. The van der Waals surface area contributed by atoms with E-state index in [0.717, 1.165) is 30.0 Å². The van der Waals surface area contributed by atoms with Crippen LogP contribution in [0.15, 0.2) is 49.2 Å². The highest BCUT2D eigenvalue weighted by Gasteiger charge is 2.06. The third kappa shape index (κ3) is 3.49. The Morgan fingerprint density at radius 2 is 2.00 bits per heavy atom. The summed E-state index contributed by atoms with van der Waals surface area (Å²) in [6.45, 7) is 1.49. The van der Waals surface area contributed by atoms with Crippen LogP contribution in [0, 0.1) is 0 Å². The van der Waals surface area contributed by atoms with Crippen LogP contribution in [0.3, 0.4) is 0 Å². The summed E-state index contributed by atoms with van der Waals surface area (Å²) in [6, 6.07) is 7.40. The van der Waals surface area contributed by atoms with Crippen molar-refractivity contribution in [3.8, 4) is 17.0 Å². The van der Waals surface area contributed by atoms with Crippen molar-refractivity contribution in [3.63, 3.8) is 0 Å². The molecule has 114 valence electrons.